The second-order valence-electron chi connectivity index (χ2n) is 4.61. The summed E-state index contributed by atoms with van der Waals surface area (Å²) in [6, 6.07) is 17.0. The average Bonchev–Trinajstić information content (AvgIpc) is 2.49. The highest BCUT2D eigenvalue weighted by Crippen LogP contribution is 2.24. The summed E-state index contributed by atoms with van der Waals surface area (Å²) in [6.45, 7) is 2.64. The Kier molecular flexibility index (Phi) is 3.33. The lowest BCUT2D eigenvalue weighted by Gasteiger charge is -2.07. The van der Waals surface area contributed by atoms with Gasteiger partial charge in [0.15, 0.2) is 0 Å². The van der Waals surface area contributed by atoms with Crippen molar-refractivity contribution in [3.8, 4) is 11.3 Å². The van der Waals surface area contributed by atoms with E-state index in [9.17, 15) is 4.39 Å². The molecule has 0 radical (unpaired) electrons. The molecule has 20 heavy (non-hydrogen) atoms. The van der Waals surface area contributed by atoms with Crippen LogP contribution in [0, 0.1) is 5.82 Å². The van der Waals surface area contributed by atoms with Crippen molar-refractivity contribution in [2.45, 2.75) is 6.92 Å². The maximum absolute atomic E-state index is 13.9. The molecule has 3 aromatic rings. The summed E-state index contributed by atoms with van der Waals surface area (Å²) in [5.41, 5.74) is 3.01. The van der Waals surface area contributed by atoms with Crippen LogP contribution in [0.25, 0.3) is 22.2 Å². The van der Waals surface area contributed by atoms with Crippen LogP contribution in [0.4, 0.5) is 10.1 Å². The number of pyridine rings is 1. The van der Waals surface area contributed by atoms with Crippen molar-refractivity contribution < 1.29 is 4.39 Å². The van der Waals surface area contributed by atoms with Crippen molar-refractivity contribution in [2.24, 2.45) is 0 Å². The van der Waals surface area contributed by atoms with Gasteiger partial charge in [-0.2, -0.15) is 0 Å². The molecule has 3 heteroatoms. The van der Waals surface area contributed by atoms with Gasteiger partial charge in [0.1, 0.15) is 5.82 Å². The molecule has 0 aliphatic heterocycles. The summed E-state index contributed by atoms with van der Waals surface area (Å²) in [5.74, 6) is -0.251. The van der Waals surface area contributed by atoms with Crippen molar-refractivity contribution in [1.29, 1.82) is 0 Å². The van der Waals surface area contributed by atoms with Gasteiger partial charge in [-0.25, -0.2) is 9.37 Å². The number of benzene rings is 2. The van der Waals surface area contributed by atoms with E-state index in [2.05, 4.69) is 10.3 Å². The molecule has 100 valence electrons. The molecule has 0 bridgehead atoms. The molecular weight excluding hydrogens is 251 g/mol. The SMILES string of the molecule is CCNc1ccc(-c2ccc3ccccc3n2)cc1F. The largest absolute Gasteiger partial charge is 0.383 e. The van der Waals surface area contributed by atoms with E-state index in [-0.39, 0.29) is 5.82 Å². The Hall–Kier alpha value is -2.42. The van der Waals surface area contributed by atoms with Gasteiger partial charge in [0.25, 0.3) is 0 Å². The maximum Gasteiger partial charge on any atom is 0.146 e. The zero-order chi connectivity index (χ0) is 13.9. The van der Waals surface area contributed by atoms with Crippen LogP contribution in [0.2, 0.25) is 0 Å². The molecule has 1 heterocycles. The van der Waals surface area contributed by atoms with Gasteiger partial charge < -0.3 is 5.32 Å². The Morgan fingerprint density at radius 1 is 1.05 bits per heavy atom. The molecule has 2 aromatic carbocycles. The van der Waals surface area contributed by atoms with E-state index < -0.39 is 0 Å². The van der Waals surface area contributed by atoms with Crippen molar-refractivity contribution in [2.75, 3.05) is 11.9 Å². The Morgan fingerprint density at radius 3 is 2.70 bits per heavy atom. The predicted octanol–water partition coefficient (Wildman–Crippen LogP) is 4.47. The highest BCUT2D eigenvalue weighted by molar-refractivity contribution is 5.81. The van der Waals surface area contributed by atoms with Gasteiger partial charge in [0.2, 0.25) is 0 Å². The van der Waals surface area contributed by atoms with Crippen molar-refractivity contribution >= 4 is 16.6 Å². The predicted molar refractivity (Wildman–Crippen MR) is 81.3 cm³/mol. The fourth-order valence-electron chi connectivity index (χ4n) is 2.24. The molecule has 0 fully saturated rings. The molecule has 0 aliphatic rings. The number of rotatable bonds is 3. The number of nitrogens with zero attached hydrogens (tertiary/aromatic N) is 1. The molecule has 1 N–H and O–H groups in total. The lowest BCUT2D eigenvalue weighted by Crippen LogP contribution is -1.99. The van der Waals surface area contributed by atoms with Crippen LogP contribution in [0.1, 0.15) is 6.92 Å². The van der Waals surface area contributed by atoms with E-state index in [0.717, 1.165) is 22.2 Å². The lowest BCUT2D eigenvalue weighted by molar-refractivity contribution is 0.631. The van der Waals surface area contributed by atoms with Gasteiger partial charge in [-0.05, 0) is 31.2 Å². The van der Waals surface area contributed by atoms with Crippen molar-refractivity contribution in [3.05, 3.63) is 60.4 Å². The number of para-hydroxylation sites is 1. The molecule has 0 unspecified atom stereocenters. The summed E-state index contributed by atoms with van der Waals surface area (Å²) in [5, 5.41) is 4.07. The molecular formula is C17H15FN2. The smallest absolute Gasteiger partial charge is 0.146 e. The summed E-state index contributed by atoms with van der Waals surface area (Å²) < 4.78 is 13.9. The van der Waals surface area contributed by atoms with E-state index >= 15 is 0 Å². The molecule has 0 aliphatic carbocycles. The molecule has 0 spiro atoms. The fraction of sp³-hybridized carbons (Fsp3) is 0.118. The summed E-state index contributed by atoms with van der Waals surface area (Å²) >= 11 is 0. The second kappa shape index (κ2) is 5.29. The Morgan fingerprint density at radius 2 is 1.90 bits per heavy atom. The first kappa shape index (κ1) is 12.6. The van der Waals surface area contributed by atoms with Crippen molar-refractivity contribution in [3.63, 3.8) is 0 Å². The lowest BCUT2D eigenvalue weighted by atomic mass is 10.1. The van der Waals surface area contributed by atoms with E-state index in [1.165, 1.54) is 6.07 Å². The zero-order valence-corrected chi connectivity index (χ0v) is 11.2. The molecule has 0 saturated heterocycles. The first-order chi connectivity index (χ1) is 9.78. The van der Waals surface area contributed by atoms with Crippen LogP contribution >= 0.6 is 0 Å². The number of anilines is 1. The van der Waals surface area contributed by atoms with Gasteiger partial charge >= 0.3 is 0 Å². The van der Waals surface area contributed by atoms with E-state index in [0.29, 0.717) is 12.2 Å². The van der Waals surface area contributed by atoms with Crippen LogP contribution in [0.3, 0.4) is 0 Å². The van der Waals surface area contributed by atoms with Crippen LogP contribution in [0.5, 0.6) is 0 Å². The van der Waals surface area contributed by atoms with Crippen molar-refractivity contribution in [1.82, 2.24) is 4.98 Å². The minimum Gasteiger partial charge on any atom is -0.383 e. The maximum atomic E-state index is 13.9. The number of nitrogens with one attached hydrogen (secondary N) is 1. The molecule has 0 amide bonds. The minimum atomic E-state index is -0.251. The molecule has 0 atom stereocenters. The van der Waals surface area contributed by atoms with Crippen LogP contribution < -0.4 is 5.32 Å². The normalized spacial score (nSPS) is 10.7. The third-order valence-corrected chi connectivity index (χ3v) is 3.23. The standard InChI is InChI=1S/C17H15FN2/c1-2-19-17-10-8-13(11-14(17)18)16-9-7-12-5-3-4-6-15(12)20-16/h3-11,19H,2H2,1H3. The number of hydrogen-bond donors (Lipinski definition) is 1. The second-order valence-corrected chi connectivity index (χ2v) is 4.61. The van der Waals surface area contributed by atoms with Gasteiger partial charge in [-0.15, -0.1) is 0 Å². The monoisotopic (exact) mass is 266 g/mol. The third-order valence-electron chi connectivity index (χ3n) is 3.23. The highest BCUT2D eigenvalue weighted by atomic mass is 19.1. The van der Waals surface area contributed by atoms with Crippen LogP contribution in [0.15, 0.2) is 54.6 Å². The van der Waals surface area contributed by atoms with Gasteiger partial charge in [-0.1, -0.05) is 30.3 Å². The van der Waals surface area contributed by atoms with E-state index in [1.807, 2.05) is 49.4 Å². The quantitative estimate of drug-likeness (QED) is 0.756. The number of fused-ring (bicyclic) bond motifs is 1. The van der Waals surface area contributed by atoms with Gasteiger partial charge in [0, 0.05) is 17.5 Å². The molecule has 1 aromatic heterocycles. The van der Waals surface area contributed by atoms with E-state index in [4.69, 9.17) is 0 Å². The van der Waals surface area contributed by atoms with Crippen LogP contribution in [-0.2, 0) is 0 Å². The van der Waals surface area contributed by atoms with Gasteiger partial charge in [0.05, 0.1) is 16.9 Å². The average molecular weight is 266 g/mol. The first-order valence-corrected chi connectivity index (χ1v) is 6.67. The first-order valence-electron chi connectivity index (χ1n) is 6.67. The Labute approximate surface area is 117 Å². The zero-order valence-electron chi connectivity index (χ0n) is 11.2. The summed E-state index contributed by atoms with van der Waals surface area (Å²) in [6.07, 6.45) is 0. The van der Waals surface area contributed by atoms with Gasteiger partial charge in [-0.3, -0.25) is 0 Å². The number of aromatic nitrogens is 1. The topological polar surface area (TPSA) is 24.9 Å². The highest BCUT2D eigenvalue weighted by Gasteiger charge is 2.06. The molecule has 3 rings (SSSR count). The Bertz CT molecular complexity index is 753. The number of halogens is 1. The van der Waals surface area contributed by atoms with Crippen LogP contribution in [-0.4, -0.2) is 11.5 Å². The Balaban J connectivity index is 2.04. The molecule has 2 nitrogen and oxygen atoms in total. The third kappa shape index (κ3) is 2.35. The number of hydrogen-bond acceptors (Lipinski definition) is 2. The minimum absolute atomic E-state index is 0.251. The summed E-state index contributed by atoms with van der Waals surface area (Å²) in [4.78, 5) is 4.58. The fourth-order valence-corrected chi connectivity index (χ4v) is 2.24. The molecule has 0 saturated carbocycles. The van der Waals surface area contributed by atoms with E-state index in [1.54, 1.807) is 6.07 Å². The summed E-state index contributed by atoms with van der Waals surface area (Å²) in [7, 11) is 0.